The van der Waals surface area contributed by atoms with E-state index in [0.29, 0.717) is 38.5 Å². The summed E-state index contributed by atoms with van der Waals surface area (Å²) in [4.78, 5) is 8.70. The Kier molecular flexibility index (Phi) is 3.17. The molecule has 0 saturated carbocycles. The molecule has 114 valence electrons. The van der Waals surface area contributed by atoms with Gasteiger partial charge >= 0.3 is 0 Å². The van der Waals surface area contributed by atoms with E-state index in [0.717, 1.165) is 0 Å². The Bertz CT molecular complexity index is 991. The first-order chi connectivity index (χ1) is 11.1. The minimum Gasteiger partial charge on any atom is -0.368 e. The molecule has 0 amide bonds. The van der Waals surface area contributed by atoms with Gasteiger partial charge in [0.2, 0.25) is 5.95 Å². The molecule has 7 nitrogen and oxygen atoms in total. The third kappa shape index (κ3) is 2.49. The number of halogens is 2. The minimum absolute atomic E-state index is 0.187. The van der Waals surface area contributed by atoms with Crippen molar-refractivity contribution in [3.8, 4) is 22.8 Å². The summed E-state index contributed by atoms with van der Waals surface area (Å²) in [5, 5.41) is 8.94. The molecule has 0 unspecified atom stereocenters. The first-order valence-electron chi connectivity index (χ1n) is 6.51. The lowest BCUT2D eigenvalue weighted by Gasteiger charge is -2.04. The molecular weight excluding hydrogens is 339 g/mol. The number of anilines is 1. The topological polar surface area (TPSA) is 95.1 Å². The maximum absolute atomic E-state index is 6.02. The maximum atomic E-state index is 6.02. The van der Waals surface area contributed by atoms with Crippen molar-refractivity contribution in [1.82, 2.24) is 24.7 Å². The summed E-state index contributed by atoms with van der Waals surface area (Å²) in [6.07, 6.45) is 1.54. The predicted molar refractivity (Wildman–Crippen MR) is 86.1 cm³/mol. The van der Waals surface area contributed by atoms with Crippen LogP contribution in [0.5, 0.6) is 0 Å². The smallest absolute Gasteiger partial charge is 0.225 e. The second-order valence-corrected chi connectivity index (χ2v) is 5.61. The highest BCUT2D eigenvalue weighted by molar-refractivity contribution is 6.35. The number of nitrogen functional groups attached to an aromatic ring is 1. The van der Waals surface area contributed by atoms with Crippen LogP contribution in [0.1, 0.15) is 0 Å². The van der Waals surface area contributed by atoms with E-state index in [4.69, 9.17) is 33.5 Å². The van der Waals surface area contributed by atoms with E-state index in [-0.39, 0.29) is 5.95 Å². The fourth-order valence-electron chi connectivity index (χ4n) is 2.19. The number of rotatable bonds is 2. The van der Waals surface area contributed by atoms with Crippen molar-refractivity contribution in [3.63, 3.8) is 0 Å². The number of nitrogens with two attached hydrogens (primary N) is 1. The van der Waals surface area contributed by atoms with Crippen LogP contribution in [0.2, 0.25) is 10.0 Å². The molecule has 3 heterocycles. The van der Waals surface area contributed by atoms with Gasteiger partial charge in [0.15, 0.2) is 17.2 Å². The summed E-state index contributed by atoms with van der Waals surface area (Å²) in [5.74, 6) is 1.11. The molecule has 0 aliphatic carbocycles. The van der Waals surface area contributed by atoms with Crippen LogP contribution in [0.4, 0.5) is 5.95 Å². The van der Waals surface area contributed by atoms with E-state index in [1.54, 1.807) is 30.3 Å². The maximum Gasteiger partial charge on any atom is 0.225 e. The second kappa shape index (κ2) is 5.22. The van der Waals surface area contributed by atoms with Gasteiger partial charge in [-0.3, -0.25) is 0 Å². The van der Waals surface area contributed by atoms with Crippen molar-refractivity contribution in [2.45, 2.75) is 0 Å². The second-order valence-electron chi connectivity index (χ2n) is 4.74. The molecule has 3 aromatic heterocycles. The van der Waals surface area contributed by atoms with E-state index < -0.39 is 0 Å². The van der Waals surface area contributed by atoms with Crippen LogP contribution in [0.15, 0.2) is 41.1 Å². The Labute approximate surface area is 139 Å². The van der Waals surface area contributed by atoms with Gasteiger partial charge in [-0.2, -0.15) is 14.6 Å². The SMILES string of the molecule is Nc1nc(-c2cc(Cl)cc(Cl)c2)nc2cc(-c3ccno3)nn12. The molecule has 0 atom stereocenters. The van der Waals surface area contributed by atoms with Crippen LogP contribution in [0.3, 0.4) is 0 Å². The lowest BCUT2D eigenvalue weighted by molar-refractivity contribution is 0.431. The quantitative estimate of drug-likeness (QED) is 0.598. The Morgan fingerprint density at radius 3 is 2.52 bits per heavy atom. The van der Waals surface area contributed by atoms with Crippen molar-refractivity contribution in [3.05, 3.63) is 46.6 Å². The first-order valence-corrected chi connectivity index (χ1v) is 7.26. The first kappa shape index (κ1) is 14.0. The molecular formula is C14H8Cl2N6O. The van der Waals surface area contributed by atoms with Crippen LogP contribution < -0.4 is 5.73 Å². The molecule has 1 aromatic carbocycles. The highest BCUT2D eigenvalue weighted by Crippen LogP contribution is 2.27. The number of nitrogens with zero attached hydrogens (tertiary/aromatic N) is 5. The van der Waals surface area contributed by atoms with E-state index in [1.807, 2.05) is 0 Å². The number of benzene rings is 1. The van der Waals surface area contributed by atoms with Crippen molar-refractivity contribution in [1.29, 1.82) is 0 Å². The van der Waals surface area contributed by atoms with E-state index in [2.05, 4.69) is 20.2 Å². The van der Waals surface area contributed by atoms with Crippen molar-refractivity contribution < 1.29 is 4.52 Å². The largest absolute Gasteiger partial charge is 0.368 e. The van der Waals surface area contributed by atoms with E-state index in [1.165, 1.54) is 10.7 Å². The summed E-state index contributed by atoms with van der Waals surface area (Å²) in [6.45, 7) is 0. The van der Waals surface area contributed by atoms with Crippen molar-refractivity contribution in [2.75, 3.05) is 5.73 Å². The minimum atomic E-state index is 0.187. The predicted octanol–water partition coefficient (Wildman–Crippen LogP) is 3.34. The van der Waals surface area contributed by atoms with Crippen molar-refractivity contribution >= 4 is 34.8 Å². The summed E-state index contributed by atoms with van der Waals surface area (Å²) in [6, 6.07) is 8.49. The number of hydrogen-bond donors (Lipinski definition) is 1. The van der Waals surface area contributed by atoms with Gasteiger partial charge in [0, 0.05) is 27.7 Å². The Morgan fingerprint density at radius 2 is 1.83 bits per heavy atom. The molecule has 9 heteroatoms. The van der Waals surface area contributed by atoms with Gasteiger partial charge in [-0.05, 0) is 18.2 Å². The van der Waals surface area contributed by atoms with Crippen LogP contribution in [-0.4, -0.2) is 24.7 Å². The summed E-state index contributed by atoms with van der Waals surface area (Å²) in [7, 11) is 0. The number of hydrogen-bond acceptors (Lipinski definition) is 6. The lowest BCUT2D eigenvalue weighted by Crippen LogP contribution is -2.05. The molecule has 0 radical (unpaired) electrons. The Morgan fingerprint density at radius 1 is 1.04 bits per heavy atom. The van der Waals surface area contributed by atoms with Gasteiger partial charge in [-0.1, -0.05) is 28.4 Å². The van der Waals surface area contributed by atoms with Crippen LogP contribution in [0, 0.1) is 0 Å². The van der Waals surface area contributed by atoms with Gasteiger partial charge in [-0.25, -0.2) is 4.98 Å². The summed E-state index contributed by atoms with van der Waals surface area (Å²) < 4.78 is 6.51. The standard InChI is InChI=1S/C14H8Cl2N6O/c15-8-3-7(4-9(16)5-8)13-19-12-6-10(11-1-2-18-23-11)21-22(12)14(17)20-13/h1-6H,(H2,17,19,20). The van der Waals surface area contributed by atoms with Gasteiger partial charge in [0.1, 0.15) is 5.69 Å². The van der Waals surface area contributed by atoms with Gasteiger partial charge in [-0.15, -0.1) is 0 Å². The van der Waals surface area contributed by atoms with Gasteiger partial charge in [0.25, 0.3) is 0 Å². The van der Waals surface area contributed by atoms with E-state index >= 15 is 0 Å². The van der Waals surface area contributed by atoms with Crippen LogP contribution in [0.25, 0.3) is 28.5 Å². The molecule has 0 saturated heterocycles. The van der Waals surface area contributed by atoms with Gasteiger partial charge in [0.05, 0.1) is 6.20 Å². The highest BCUT2D eigenvalue weighted by atomic mass is 35.5. The summed E-state index contributed by atoms with van der Waals surface area (Å²) >= 11 is 12.0. The number of aromatic nitrogens is 5. The molecule has 23 heavy (non-hydrogen) atoms. The lowest BCUT2D eigenvalue weighted by atomic mass is 10.2. The fourth-order valence-corrected chi connectivity index (χ4v) is 2.72. The Hall–Kier alpha value is -2.64. The zero-order chi connectivity index (χ0) is 16.0. The molecule has 0 aliphatic heterocycles. The average molecular weight is 347 g/mol. The molecule has 4 aromatic rings. The molecule has 4 rings (SSSR count). The van der Waals surface area contributed by atoms with Gasteiger partial charge < -0.3 is 10.3 Å². The molecule has 0 fully saturated rings. The average Bonchev–Trinajstić information content (AvgIpc) is 3.15. The molecule has 0 bridgehead atoms. The number of fused-ring (bicyclic) bond motifs is 1. The highest BCUT2D eigenvalue weighted by Gasteiger charge is 2.14. The van der Waals surface area contributed by atoms with Crippen LogP contribution in [-0.2, 0) is 0 Å². The summed E-state index contributed by atoms with van der Waals surface area (Å²) in [5.41, 5.74) is 7.72. The molecule has 2 N–H and O–H groups in total. The van der Waals surface area contributed by atoms with E-state index in [9.17, 15) is 0 Å². The van der Waals surface area contributed by atoms with Crippen molar-refractivity contribution in [2.24, 2.45) is 0 Å². The normalized spacial score (nSPS) is 11.2. The zero-order valence-electron chi connectivity index (χ0n) is 11.4. The molecule has 0 aliphatic rings. The Balaban J connectivity index is 1.89. The zero-order valence-corrected chi connectivity index (χ0v) is 13.0. The van der Waals surface area contributed by atoms with Crippen LogP contribution >= 0.6 is 23.2 Å². The fraction of sp³-hybridized carbons (Fsp3) is 0. The third-order valence-corrected chi connectivity index (χ3v) is 3.60. The third-order valence-electron chi connectivity index (χ3n) is 3.16. The molecule has 0 spiro atoms. The monoisotopic (exact) mass is 346 g/mol.